The number of piperidine rings is 1. The summed E-state index contributed by atoms with van der Waals surface area (Å²) in [6.45, 7) is 2.91. The van der Waals surface area contributed by atoms with Crippen molar-refractivity contribution in [2.45, 2.75) is 25.4 Å². The monoisotopic (exact) mass is 292 g/mol. The van der Waals surface area contributed by atoms with Crippen LogP contribution in [0.4, 0.5) is 0 Å². The van der Waals surface area contributed by atoms with E-state index in [0.717, 1.165) is 24.4 Å². The second kappa shape index (κ2) is 6.91. The Labute approximate surface area is 126 Å². The highest BCUT2D eigenvalue weighted by Gasteiger charge is 2.22. The SMILES string of the molecule is COc1ccc(C(=O)O)cc1CN(C)C1CCCN(C)C1. The van der Waals surface area contributed by atoms with Gasteiger partial charge in [0.2, 0.25) is 0 Å². The first kappa shape index (κ1) is 15.8. The minimum absolute atomic E-state index is 0.306. The number of carboxylic acids is 1. The number of likely N-dealkylation sites (tertiary alicyclic amines) is 1. The summed E-state index contributed by atoms with van der Waals surface area (Å²) in [5.74, 6) is -0.157. The third kappa shape index (κ3) is 3.95. The number of methoxy groups -OCH3 is 1. The summed E-state index contributed by atoms with van der Waals surface area (Å²) < 4.78 is 5.36. The molecule has 1 unspecified atom stereocenters. The van der Waals surface area contributed by atoms with Crippen LogP contribution in [0.15, 0.2) is 18.2 Å². The third-order valence-corrected chi connectivity index (χ3v) is 4.17. The van der Waals surface area contributed by atoms with Crippen molar-refractivity contribution >= 4 is 5.97 Å². The first-order valence-corrected chi connectivity index (χ1v) is 7.30. The molecule has 0 amide bonds. The van der Waals surface area contributed by atoms with Crippen LogP contribution in [0.3, 0.4) is 0 Å². The Balaban J connectivity index is 2.13. The number of rotatable bonds is 5. The van der Waals surface area contributed by atoms with E-state index in [0.29, 0.717) is 18.2 Å². The Morgan fingerprint density at radius 1 is 1.52 bits per heavy atom. The van der Waals surface area contributed by atoms with Gasteiger partial charge in [0.15, 0.2) is 0 Å². The normalized spacial score (nSPS) is 19.7. The van der Waals surface area contributed by atoms with Gasteiger partial charge < -0.3 is 14.7 Å². The van der Waals surface area contributed by atoms with Crippen LogP contribution in [0.25, 0.3) is 0 Å². The van der Waals surface area contributed by atoms with Crippen LogP contribution < -0.4 is 4.74 Å². The lowest BCUT2D eigenvalue weighted by Crippen LogP contribution is -2.44. The van der Waals surface area contributed by atoms with Gasteiger partial charge in [-0.2, -0.15) is 0 Å². The molecule has 1 aromatic carbocycles. The van der Waals surface area contributed by atoms with Gasteiger partial charge in [0.05, 0.1) is 12.7 Å². The van der Waals surface area contributed by atoms with E-state index in [1.165, 1.54) is 12.8 Å². The largest absolute Gasteiger partial charge is 0.496 e. The van der Waals surface area contributed by atoms with Crippen LogP contribution in [0.1, 0.15) is 28.8 Å². The van der Waals surface area contributed by atoms with E-state index in [2.05, 4.69) is 23.9 Å². The molecule has 5 nitrogen and oxygen atoms in total. The average Bonchev–Trinajstić information content (AvgIpc) is 2.47. The maximum Gasteiger partial charge on any atom is 0.335 e. The number of benzene rings is 1. The number of hydrogen-bond acceptors (Lipinski definition) is 4. The van der Waals surface area contributed by atoms with Gasteiger partial charge in [-0.25, -0.2) is 4.79 Å². The summed E-state index contributed by atoms with van der Waals surface area (Å²) in [7, 11) is 5.86. The smallest absolute Gasteiger partial charge is 0.335 e. The highest BCUT2D eigenvalue weighted by Crippen LogP contribution is 2.23. The molecule has 0 bridgehead atoms. The maximum absolute atomic E-state index is 11.1. The third-order valence-electron chi connectivity index (χ3n) is 4.17. The van der Waals surface area contributed by atoms with Crippen molar-refractivity contribution in [3.8, 4) is 5.75 Å². The highest BCUT2D eigenvalue weighted by atomic mass is 16.5. The summed E-state index contributed by atoms with van der Waals surface area (Å²) in [5, 5.41) is 9.13. The number of likely N-dealkylation sites (N-methyl/N-ethyl adjacent to an activating group) is 2. The van der Waals surface area contributed by atoms with Crippen molar-refractivity contribution in [2.24, 2.45) is 0 Å². The molecule has 5 heteroatoms. The summed E-state index contributed by atoms with van der Waals surface area (Å²) in [5.41, 5.74) is 1.23. The van der Waals surface area contributed by atoms with Gasteiger partial charge in [0.25, 0.3) is 0 Å². The van der Waals surface area contributed by atoms with Crippen LogP contribution in [-0.2, 0) is 6.54 Å². The molecule has 1 aromatic rings. The van der Waals surface area contributed by atoms with Crippen molar-refractivity contribution in [1.29, 1.82) is 0 Å². The number of carboxylic acid groups (broad SMARTS) is 1. The van der Waals surface area contributed by atoms with E-state index in [4.69, 9.17) is 9.84 Å². The molecule has 0 radical (unpaired) electrons. The molecule has 1 N–H and O–H groups in total. The van der Waals surface area contributed by atoms with Crippen molar-refractivity contribution in [2.75, 3.05) is 34.3 Å². The van der Waals surface area contributed by atoms with Crippen LogP contribution in [-0.4, -0.2) is 61.2 Å². The number of hydrogen-bond donors (Lipinski definition) is 1. The van der Waals surface area contributed by atoms with Gasteiger partial charge in [-0.15, -0.1) is 0 Å². The lowest BCUT2D eigenvalue weighted by molar-refractivity contribution is 0.0696. The van der Waals surface area contributed by atoms with Gasteiger partial charge in [0, 0.05) is 24.7 Å². The molecule has 2 rings (SSSR count). The number of carbonyl (C=O) groups is 1. The maximum atomic E-state index is 11.1. The highest BCUT2D eigenvalue weighted by molar-refractivity contribution is 5.88. The molecule has 1 aliphatic rings. The van der Waals surface area contributed by atoms with Crippen LogP contribution in [0, 0.1) is 0 Å². The number of ether oxygens (including phenoxy) is 1. The van der Waals surface area contributed by atoms with E-state index in [9.17, 15) is 4.79 Å². The minimum atomic E-state index is -0.904. The van der Waals surface area contributed by atoms with Gasteiger partial charge >= 0.3 is 5.97 Å². The first-order chi connectivity index (χ1) is 10.0. The van der Waals surface area contributed by atoms with Gasteiger partial charge in [-0.1, -0.05) is 0 Å². The molecule has 1 atom stereocenters. The molecule has 0 aliphatic carbocycles. The Hall–Kier alpha value is -1.59. The Kier molecular flexibility index (Phi) is 5.20. The van der Waals surface area contributed by atoms with Crippen molar-refractivity contribution in [1.82, 2.24) is 9.80 Å². The fourth-order valence-electron chi connectivity index (χ4n) is 2.93. The lowest BCUT2D eigenvalue weighted by atomic mass is 10.0. The fraction of sp³-hybridized carbons (Fsp3) is 0.562. The molecule has 1 saturated heterocycles. The molecule has 1 fully saturated rings. The van der Waals surface area contributed by atoms with Crippen LogP contribution in [0.5, 0.6) is 5.75 Å². The van der Waals surface area contributed by atoms with Crippen LogP contribution >= 0.6 is 0 Å². The predicted octanol–water partition coefficient (Wildman–Crippen LogP) is 1.92. The van der Waals surface area contributed by atoms with E-state index < -0.39 is 5.97 Å². The van der Waals surface area contributed by atoms with Gasteiger partial charge in [-0.3, -0.25) is 4.90 Å². The second-order valence-electron chi connectivity index (χ2n) is 5.81. The van der Waals surface area contributed by atoms with E-state index in [1.807, 2.05) is 0 Å². The quantitative estimate of drug-likeness (QED) is 0.898. The van der Waals surface area contributed by atoms with E-state index >= 15 is 0 Å². The standard InChI is InChI=1S/C16H24N2O3/c1-17-8-4-5-14(11-17)18(2)10-13-9-12(16(19)20)6-7-15(13)21-3/h6-7,9,14H,4-5,8,10-11H2,1-3H3,(H,19,20). The van der Waals surface area contributed by atoms with Gasteiger partial charge in [-0.05, 0) is 51.7 Å². The molecular weight excluding hydrogens is 268 g/mol. The van der Waals surface area contributed by atoms with E-state index in [-0.39, 0.29) is 0 Å². The molecular formula is C16H24N2O3. The zero-order valence-electron chi connectivity index (χ0n) is 13.0. The molecule has 0 saturated carbocycles. The van der Waals surface area contributed by atoms with Crippen molar-refractivity contribution in [3.63, 3.8) is 0 Å². The molecule has 1 heterocycles. The average molecular weight is 292 g/mol. The van der Waals surface area contributed by atoms with E-state index in [1.54, 1.807) is 25.3 Å². The molecule has 0 aromatic heterocycles. The Morgan fingerprint density at radius 2 is 2.29 bits per heavy atom. The lowest BCUT2D eigenvalue weighted by Gasteiger charge is -2.36. The zero-order valence-corrected chi connectivity index (χ0v) is 13.0. The first-order valence-electron chi connectivity index (χ1n) is 7.30. The number of nitrogens with zero attached hydrogens (tertiary/aromatic N) is 2. The Morgan fingerprint density at radius 3 is 2.90 bits per heavy atom. The number of aromatic carboxylic acids is 1. The topological polar surface area (TPSA) is 53.0 Å². The van der Waals surface area contributed by atoms with Crippen molar-refractivity contribution in [3.05, 3.63) is 29.3 Å². The molecule has 0 spiro atoms. The second-order valence-corrected chi connectivity index (χ2v) is 5.81. The van der Waals surface area contributed by atoms with Crippen LogP contribution in [0.2, 0.25) is 0 Å². The summed E-state index contributed by atoms with van der Waals surface area (Å²) in [4.78, 5) is 15.8. The molecule has 116 valence electrons. The minimum Gasteiger partial charge on any atom is -0.496 e. The summed E-state index contributed by atoms with van der Waals surface area (Å²) >= 11 is 0. The zero-order chi connectivity index (χ0) is 15.4. The molecule has 21 heavy (non-hydrogen) atoms. The fourth-order valence-corrected chi connectivity index (χ4v) is 2.93. The van der Waals surface area contributed by atoms with Crippen molar-refractivity contribution < 1.29 is 14.6 Å². The molecule has 1 aliphatic heterocycles. The summed E-state index contributed by atoms with van der Waals surface area (Å²) in [6, 6.07) is 5.53. The predicted molar refractivity (Wildman–Crippen MR) is 81.9 cm³/mol. The van der Waals surface area contributed by atoms with Gasteiger partial charge in [0.1, 0.15) is 5.75 Å². The summed E-state index contributed by atoms with van der Waals surface area (Å²) in [6.07, 6.45) is 2.39. The Bertz CT molecular complexity index is 504.